The molecule has 2 heterocycles. The van der Waals surface area contributed by atoms with Gasteiger partial charge in [-0.05, 0) is 24.8 Å². The second-order valence-corrected chi connectivity index (χ2v) is 5.34. The Bertz CT molecular complexity index is 480. The van der Waals surface area contributed by atoms with Gasteiger partial charge in [-0.25, -0.2) is 0 Å². The third-order valence-electron chi connectivity index (χ3n) is 3.04. The molecule has 19 heavy (non-hydrogen) atoms. The summed E-state index contributed by atoms with van der Waals surface area (Å²) in [6.45, 7) is 2.12. The van der Waals surface area contributed by atoms with Gasteiger partial charge in [0.2, 0.25) is 0 Å². The molecule has 0 unspecified atom stereocenters. The minimum atomic E-state index is -0.164. The van der Waals surface area contributed by atoms with Crippen LogP contribution < -0.4 is 5.32 Å². The van der Waals surface area contributed by atoms with Crippen LogP contribution in [0.5, 0.6) is 0 Å². The molecule has 102 valence electrons. The molecule has 1 aromatic heterocycles. The average molecular weight is 279 g/mol. The number of hydrogen-bond acceptors (Lipinski definition) is 4. The van der Waals surface area contributed by atoms with Crippen molar-refractivity contribution in [3.05, 3.63) is 21.9 Å². The van der Waals surface area contributed by atoms with Crippen molar-refractivity contribution in [3.63, 3.8) is 0 Å². The summed E-state index contributed by atoms with van der Waals surface area (Å²) < 4.78 is 5.29. The maximum absolute atomic E-state index is 11.9. The van der Waals surface area contributed by atoms with Crippen molar-refractivity contribution >= 4 is 17.2 Å². The van der Waals surface area contributed by atoms with Crippen molar-refractivity contribution in [2.45, 2.75) is 12.8 Å². The van der Waals surface area contributed by atoms with Crippen LogP contribution in [0.15, 0.2) is 11.4 Å². The number of ether oxygens (including phenoxy) is 1. The number of hydrogen-bond donors (Lipinski definition) is 2. The van der Waals surface area contributed by atoms with E-state index in [4.69, 9.17) is 9.84 Å². The topological polar surface area (TPSA) is 58.6 Å². The Morgan fingerprint density at radius 2 is 2.32 bits per heavy atom. The van der Waals surface area contributed by atoms with E-state index in [1.807, 2.05) is 0 Å². The van der Waals surface area contributed by atoms with Gasteiger partial charge in [0.25, 0.3) is 5.91 Å². The molecule has 1 fully saturated rings. The van der Waals surface area contributed by atoms with Crippen LogP contribution in [0.3, 0.4) is 0 Å². The zero-order chi connectivity index (χ0) is 13.5. The predicted molar refractivity (Wildman–Crippen MR) is 74.2 cm³/mol. The molecule has 0 aromatic carbocycles. The molecular weight excluding hydrogens is 262 g/mol. The molecule has 2 N–H and O–H groups in total. The summed E-state index contributed by atoms with van der Waals surface area (Å²) in [4.78, 5) is 12.7. The van der Waals surface area contributed by atoms with Crippen molar-refractivity contribution in [1.82, 2.24) is 5.32 Å². The fourth-order valence-corrected chi connectivity index (χ4v) is 2.69. The van der Waals surface area contributed by atoms with Crippen LogP contribution in [0.25, 0.3) is 0 Å². The number of thiophene rings is 1. The minimum Gasteiger partial charge on any atom is -0.384 e. The van der Waals surface area contributed by atoms with Crippen molar-refractivity contribution in [3.8, 4) is 11.8 Å². The van der Waals surface area contributed by atoms with E-state index in [9.17, 15) is 4.79 Å². The summed E-state index contributed by atoms with van der Waals surface area (Å²) in [5.41, 5.74) is 0.638. The predicted octanol–water partition coefficient (Wildman–Crippen LogP) is 1.25. The lowest BCUT2D eigenvalue weighted by molar-refractivity contribution is 0.0643. The standard InChI is InChI=1S/C14H17NO3S/c16-5-1-2-13-8-12(10-19-13)14(17)15-9-11-3-6-18-7-4-11/h8,10-11,16H,3-7,9H2,(H,15,17). The Balaban J connectivity index is 1.83. The Hall–Kier alpha value is -1.35. The summed E-state index contributed by atoms with van der Waals surface area (Å²) in [6.07, 6.45) is 2.02. The number of nitrogens with one attached hydrogen (secondary N) is 1. The van der Waals surface area contributed by atoms with Crippen LogP contribution in [-0.4, -0.2) is 37.4 Å². The van der Waals surface area contributed by atoms with Gasteiger partial charge in [0.05, 0.1) is 10.4 Å². The smallest absolute Gasteiger partial charge is 0.252 e. The van der Waals surface area contributed by atoms with Crippen molar-refractivity contribution in [2.75, 3.05) is 26.4 Å². The Labute approximate surface area is 116 Å². The first kappa shape index (κ1) is 14.1. The van der Waals surface area contributed by atoms with Gasteiger partial charge in [0, 0.05) is 25.1 Å². The summed E-state index contributed by atoms with van der Waals surface area (Å²) in [7, 11) is 0. The number of rotatable bonds is 3. The number of amides is 1. The van der Waals surface area contributed by atoms with Crippen LogP contribution in [-0.2, 0) is 4.74 Å². The fourth-order valence-electron chi connectivity index (χ4n) is 1.94. The molecule has 2 rings (SSSR count). The van der Waals surface area contributed by atoms with Gasteiger partial charge >= 0.3 is 0 Å². The van der Waals surface area contributed by atoms with E-state index in [1.165, 1.54) is 11.3 Å². The highest BCUT2D eigenvalue weighted by Gasteiger charge is 2.15. The number of aliphatic hydroxyl groups is 1. The molecule has 1 amide bonds. The van der Waals surface area contributed by atoms with E-state index in [0.29, 0.717) is 18.0 Å². The second-order valence-electron chi connectivity index (χ2n) is 4.43. The first-order valence-electron chi connectivity index (χ1n) is 6.34. The normalized spacial score (nSPS) is 15.6. The molecule has 1 saturated heterocycles. The Morgan fingerprint density at radius 3 is 3.05 bits per heavy atom. The maximum atomic E-state index is 11.9. The largest absolute Gasteiger partial charge is 0.384 e. The molecule has 4 nitrogen and oxygen atoms in total. The zero-order valence-corrected chi connectivity index (χ0v) is 11.5. The highest BCUT2D eigenvalue weighted by atomic mass is 32.1. The van der Waals surface area contributed by atoms with Crippen LogP contribution >= 0.6 is 11.3 Å². The fraction of sp³-hybridized carbons (Fsp3) is 0.500. The van der Waals surface area contributed by atoms with E-state index in [-0.39, 0.29) is 12.5 Å². The molecule has 0 saturated carbocycles. The zero-order valence-electron chi connectivity index (χ0n) is 10.6. The monoisotopic (exact) mass is 279 g/mol. The first-order valence-corrected chi connectivity index (χ1v) is 7.22. The summed E-state index contributed by atoms with van der Waals surface area (Å²) in [5.74, 6) is 5.83. The number of aliphatic hydroxyl groups excluding tert-OH is 1. The van der Waals surface area contributed by atoms with E-state index in [1.54, 1.807) is 11.4 Å². The first-order chi connectivity index (χ1) is 9.29. The van der Waals surface area contributed by atoms with Gasteiger partial charge < -0.3 is 15.2 Å². The van der Waals surface area contributed by atoms with Crippen LogP contribution in [0.1, 0.15) is 28.1 Å². The van der Waals surface area contributed by atoms with E-state index >= 15 is 0 Å². The van der Waals surface area contributed by atoms with E-state index < -0.39 is 0 Å². The molecule has 0 bridgehead atoms. The summed E-state index contributed by atoms with van der Waals surface area (Å²) in [5, 5.41) is 13.4. The molecule has 0 aliphatic carbocycles. The van der Waals surface area contributed by atoms with Crippen LogP contribution in [0.4, 0.5) is 0 Å². The highest BCUT2D eigenvalue weighted by molar-refractivity contribution is 7.10. The lowest BCUT2D eigenvalue weighted by Gasteiger charge is -2.21. The molecule has 0 spiro atoms. The average Bonchev–Trinajstić information content (AvgIpc) is 2.92. The molecule has 0 radical (unpaired) electrons. The molecule has 0 atom stereocenters. The van der Waals surface area contributed by atoms with E-state index in [2.05, 4.69) is 17.2 Å². The maximum Gasteiger partial charge on any atom is 0.252 e. The van der Waals surface area contributed by atoms with Gasteiger partial charge in [-0.1, -0.05) is 11.8 Å². The molecule has 1 aromatic rings. The van der Waals surface area contributed by atoms with Gasteiger partial charge in [-0.15, -0.1) is 11.3 Å². The minimum absolute atomic E-state index is 0.0557. The Morgan fingerprint density at radius 1 is 1.53 bits per heavy atom. The third-order valence-corrected chi connectivity index (χ3v) is 3.89. The van der Waals surface area contributed by atoms with Gasteiger partial charge in [-0.3, -0.25) is 4.79 Å². The lowest BCUT2D eigenvalue weighted by atomic mass is 10.0. The summed E-state index contributed by atoms with van der Waals surface area (Å²) >= 11 is 1.41. The van der Waals surface area contributed by atoms with Crippen LogP contribution in [0, 0.1) is 17.8 Å². The summed E-state index contributed by atoms with van der Waals surface area (Å²) in [6, 6.07) is 1.76. The molecule has 1 aliphatic rings. The molecule has 1 aliphatic heterocycles. The Kier molecular flexibility index (Phi) is 5.40. The quantitative estimate of drug-likeness (QED) is 0.819. The van der Waals surface area contributed by atoms with Crippen molar-refractivity contribution < 1.29 is 14.6 Å². The van der Waals surface area contributed by atoms with Gasteiger partial charge in [-0.2, -0.15) is 0 Å². The molecular formula is C14H17NO3S. The SMILES string of the molecule is O=C(NCC1CCOCC1)c1csc(C#CCO)c1. The number of carbonyl (C=O) groups excluding carboxylic acids is 1. The lowest BCUT2D eigenvalue weighted by Crippen LogP contribution is -2.31. The number of carbonyl (C=O) groups is 1. The second kappa shape index (κ2) is 7.29. The van der Waals surface area contributed by atoms with Crippen molar-refractivity contribution in [1.29, 1.82) is 0 Å². The highest BCUT2D eigenvalue weighted by Crippen LogP contribution is 2.15. The van der Waals surface area contributed by atoms with Gasteiger partial charge in [0.15, 0.2) is 0 Å². The molecule has 5 heteroatoms. The third kappa shape index (κ3) is 4.35. The van der Waals surface area contributed by atoms with Crippen molar-refractivity contribution in [2.24, 2.45) is 5.92 Å². The van der Waals surface area contributed by atoms with Crippen LogP contribution in [0.2, 0.25) is 0 Å². The van der Waals surface area contributed by atoms with Gasteiger partial charge in [0.1, 0.15) is 6.61 Å². The van der Waals surface area contributed by atoms with E-state index in [0.717, 1.165) is 30.9 Å².